The van der Waals surface area contributed by atoms with E-state index in [2.05, 4.69) is 10.4 Å². The fourth-order valence-electron chi connectivity index (χ4n) is 4.69. The average molecular weight is 579 g/mol. The van der Waals surface area contributed by atoms with Crippen molar-refractivity contribution in [2.45, 2.75) is 25.4 Å². The maximum Gasteiger partial charge on any atom is 0.348 e. The number of anilines is 1. The third-order valence-electron chi connectivity index (χ3n) is 6.76. The van der Waals surface area contributed by atoms with E-state index in [9.17, 15) is 14.7 Å². The number of carbonyl (C=O) groups is 1. The smallest absolute Gasteiger partial charge is 0.348 e. The molecule has 206 valence electrons. The number of aliphatic hydroxyl groups is 1. The van der Waals surface area contributed by atoms with Crippen LogP contribution in [0.1, 0.15) is 35.6 Å². The van der Waals surface area contributed by atoms with Gasteiger partial charge >= 0.3 is 5.69 Å². The van der Waals surface area contributed by atoms with Gasteiger partial charge < -0.3 is 10.4 Å². The van der Waals surface area contributed by atoms with Crippen molar-refractivity contribution in [1.29, 1.82) is 0 Å². The SMILES string of the molecule is C[C@H](C(=O)NCCO)n1c(N2CC(c3ccccc3)C(c3ccc(Cl)cc3)=N2)nn(Cc2ccc(Cl)cc2)c1=O. The summed E-state index contributed by atoms with van der Waals surface area (Å²) in [6, 6.07) is 23.7. The van der Waals surface area contributed by atoms with Crippen LogP contribution in [0.4, 0.5) is 5.95 Å². The number of benzene rings is 3. The first-order valence-electron chi connectivity index (χ1n) is 12.8. The highest BCUT2D eigenvalue weighted by Gasteiger charge is 2.35. The number of rotatable bonds is 9. The van der Waals surface area contributed by atoms with Crippen molar-refractivity contribution in [3.8, 4) is 0 Å². The fourth-order valence-corrected chi connectivity index (χ4v) is 4.94. The monoisotopic (exact) mass is 578 g/mol. The molecule has 0 aliphatic carbocycles. The van der Waals surface area contributed by atoms with Crippen molar-refractivity contribution in [3.63, 3.8) is 0 Å². The second-order valence-corrected chi connectivity index (χ2v) is 10.3. The lowest BCUT2D eigenvalue weighted by Crippen LogP contribution is -2.38. The predicted octanol–water partition coefficient (Wildman–Crippen LogP) is 4.08. The standard InChI is InChI=1S/C29H28Cl2N6O3/c1-19(27(39)32-15-16-38)37-28(34-36(29(37)40)17-20-7-11-23(30)12-8-20)35-18-25(21-5-3-2-4-6-21)26(33-35)22-9-13-24(31)14-10-22/h2-14,19,25,38H,15-18H2,1H3,(H,32,39)/t19-,25?/m1/s1. The summed E-state index contributed by atoms with van der Waals surface area (Å²) in [7, 11) is 0. The Balaban J connectivity index is 1.59. The summed E-state index contributed by atoms with van der Waals surface area (Å²) in [6.07, 6.45) is 0. The molecule has 0 saturated heterocycles. The van der Waals surface area contributed by atoms with Crippen LogP contribution in [-0.2, 0) is 11.3 Å². The maximum absolute atomic E-state index is 13.7. The van der Waals surface area contributed by atoms with Gasteiger partial charge in [-0.2, -0.15) is 5.10 Å². The Morgan fingerprint density at radius 3 is 2.33 bits per heavy atom. The molecule has 0 radical (unpaired) electrons. The first-order valence-corrected chi connectivity index (χ1v) is 13.6. The number of aliphatic hydroxyl groups excluding tert-OH is 1. The Hall–Kier alpha value is -3.92. The topological polar surface area (TPSA) is 105 Å². The van der Waals surface area contributed by atoms with Gasteiger partial charge in [0.05, 0.1) is 25.4 Å². The van der Waals surface area contributed by atoms with E-state index < -0.39 is 17.6 Å². The Labute approximate surface area is 241 Å². The highest BCUT2D eigenvalue weighted by molar-refractivity contribution is 6.31. The average Bonchev–Trinajstić information content (AvgIpc) is 3.55. The summed E-state index contributed by atoms with van der Waals surface area (Å²) in [5.74, 6) is -0.287. The lowest BCUT2D eigenvalue weighted by molar-refractivity contribution is -0.124. The number of halogens is 2. The molecule has 1 unspecified atom stereocenters. The van der Waals surface area contributed by atoms with Crippen LogP contribution in [0.15, 0.2) is 88.8 Å². The fraction of sp³-hybridized carbons (Fsp3) is 0.241. The van der Waals surface area contributed by atoms with Crippen LogP contribution in [0.5, 0.6) is 0 Å². The van der Waals surface area contributed by atoms with Gasteiger partial charge in [-0.3, -0.25) is 4.79 Å². The number of hydrogen-bond donors (Lipinski definition) is 2. The molecular weight excluding hydrogens is 551 g/mol. The summed E-state index contributed by atoms with van der Waals surface area (Å²) in [6.45, 7) is 2.08. The minimum atomic E-state index is -0.905. The molecule has 0 saturated carbocycles. The molecule has 1 aliphatic heterocycles. The minimum absolute atomic E-state index is 0.0742. The number of nitrogens with zero attached hydrogens (tertiary/aromatic N) is 5. The van der Waals surface area contributed by atoms with Gasteiger partial charge in [-0.1, -0.05) is 77.8 Å². The van der Waals surface area contributed by atoms with Crippen LogP contribution >= 0.6 is 23.2 Å². The van der Waals surface area contributed by atoms with Gasteiger partial charge in [-0.25, -0.2) is 19.1 Å². The number of amides is 1. The van der Waals surface area contributed by atoms with E-state index >= 15 is 0 Å². The molecule has 1 aromatic heterocycles. The summed E-state index contributed by atoms with van der Waals surface area (Å²) in [5.41, 5.74) is 3.12. The van der Waals surface area contributed by atoms with E-state index in [0.717, 1.165) is 22.4 Å². The zero-order chi connectivity index (χ0) is 28.2. The molecule has 0 fully saturated rings. The van der Waals surface area contributed by atoms with Crippen LogP contribution in [0.25, 0.3) is 0 Å². The second kappa shape index (κ2) is 12.1. The van der Waals surface area contributed by atoms with E-state index in [4.69, 9.17) is 28.3 Å². The van der Waals surface area contributed by atoms with Crippen LogP contribution in [0.2, 0.25) is 10.0 Å². The Morgan fingerprint density at radius 1 is 1.02 bits per heavy atom. The molecule has 2 atom stereocenters. The first-order chi connectivity index (χ1) is 19.4. The van der Waals surface area contributed by atoms with E-state index in [1.165, 1.54) is 9.25 Å². The third kappa shape index (κ3) is 5.82. The number of aromatic nitrogens is 3. The lowest BCUT2D eigenvalue weighted by Gasteiger charge is -2.19. The van der Waals surface area contributed by atoms with Crippen molar-refractivity contribution >= 4 is 40.8 Å². The molecule has 2 N–H and O–H groups in total. The molecule has 1 amide bonds. The Kier molecular flexibility index (Phi) is 8.35. The van der Waals surface area contributed by atoms with Gasteiger partial charge in [0.25, 0.3) is 0 Å². The highest BCUT2D eigenvalue weighted by atomic mass is 35.5. The molecule has 0 spiro atoms. The Morgan fingerprint density at radius 2 is 1.68 bits per heavy atom. The van der Waals surface area contributed by atoms with Crippen LogP contribution < -0.4 is 16.0 Å². The first kappa shape index (κ1) is 27.6. The van der Waals surface area contributed by atoms with Crippen molar-refractivity contribution in [3.05, 3.63) is 116 Å². The second-order valence-electron chi connectivity index (χ2n) is 9.46. The van der Waals surface area contributed by atoms with E-state index in [1.54, 1.807) is 24.1 Å². The summed E-state index contributed by atoms with van der Waals surface area (Å²) in [4.78, 5) is 26.6. The zero-order valence-corrected chi connectivity index (χ0v) is 23.3. The van der Waals surface area contributed by atoms with Crippen LogP contribution in [0, 0.1) is 0 Å². The van der Waals surface area contributed by atoms with Crippen molar-refractivity contribution in [2.75, 3.05) is 24.7 Å². The van der Waals surface area contributed by atoms with Gasteiger partial charge in [0.15, 0.2) is 0 Å². The molecule has 1 aliphatic rings. The zero-order valence-electron chi connectivity index (χ0n) is 21.7. The Bertz CT molecular complexity index is 1570. The number of hydrazone groups is 1. The summed E-state index contributed by atoms with van der Waals surface area (Å²) >= 11 is 12.2. The molecule has 4 aromatic rings. The molecule has 9 nitrogen and oxygen atoms in total. The molecule has 40 heavy (non-hydrogen) atoms. The molecule has 2 heterocycles. The third-order valence-corrected chi connectivity index (χ3v) is 7.27. The van der Waals surface area contributed by atoms with E-state index in [1.807, 2.05) is 66.7 Å². The predicted molar refractivity (Wildman–Crippen MR) is 156 cm³/mol. The summed E-state index contributed by atoms with van der Waals surface area (Å²) in [5, 5.41) is 24.3. The van der Waals surface area contributed by atoms with E-state index in [-0.39, 0.29) is 31.6 Å². The van der Waals surface area contributed by atoms with Gasteiger partial charge in [-0.05, 0) is 47.9 Å². The molecule has 5 rings (SSSR count). The molecule has 3 aromatic carbocycles. The minimum Gasteiger partial charge on any atom is -0.395 e. The quantitative estimate of drug-likeness (QED) is 0.311. The molecular formula is C29H28Cl2N6O3. The largest absolute Gasteiger partial charge is 0.395 e. The van der Waals surface area contributed by atoms with Crippen molar-refractivity contribution < 1.29 is 9.90 Å². The molecule has 11 heteroatoms. The van der Waals surface area contributed by atoms with Gasteiger partial charge in [0.1, 0.15) is 6.04 Å². The van der Waals surface area contributed by atoms with Gasteiger partial charge in [0, 0.05) is 22.5 Å². The number of hydrogen-bond acceptors (Lipinski definition) is 6. The highest BCUT2D eigenvalue weighted by Crippen LogP contribution is 2.32. The normalized spacial score (nSPS) is 15.7. The van der Waals surface area contributed by atoms with Crippen molar-refractivity contribution in [2.24, 2.45) is 5.10 Å². The number of carbonyl (C=O) groups excluding carboxylic acids is 1. The summed E-state index contributed by atoms with van der Waals surface area (Å²) < 4.78 is 2.67. The lowest BCUT2D eigenvalue weighted by atomic mass is 9.91. The molecule has 0 bridgehead atoms. The number of nitrogens with one attached hydrogen (secondary N) is 1. The van der Waals surface area contributed by atoms with Gasteiger partial charge in [-0.15, -0.1) is 5.10 Å². The van der Waals surface area contributed by atoms with Gasteiger partial charge in [0.2, 0.25) is 11.9 Å². The van der Waals surface area contributed by atoms with Crippen LogP contribution in [0.3, 0.4) is 0 Å². The maximum atomic E-state index is 13.7. The van der Waals surface area contributed by atoms with Crippen LogP contribution in [-0.4, -0.2) is 50.8 Å². The van der Waals surface area contributed by atoms with Crippen molar-refractivity contribution in [1.82, 2.24) is 19.7 Å². The van der Waals surface area contributed by atoms with E-state index in [0.29, 0.717) is 16.6 Å².